The number of nitrogen functional groups attached to an aromatic ring is 2. The first kappa shape index (κ1) is 44.0. The Morgan fingerprint density at radius 3 is 2.09 bits per heavy atom. The fraction of sp³-hybridized carbons (Fsp3) is 0.556. The molecule has 19 nitrogen and oxygen atoms in total. The van der Waals surface area contributed by atoms with Crippen LogP contribution in [0, 0.1) is 5.92 Å². The van der Waals surface area contributed by atoms with Crippen LogP contribution in [0.25, 0.3) is 11.2 Å². The second-order valence-electron chi connectivity index (χ2n) is 13.3. The molecule has 7 N–H and O–H groups in total. The molecule has 0 spiro atoms. The first-order valence-electron chi connectivity index (χ1n) is 18.0. The number of aromatic nitrogens is 4. The third-order valence-corrected chi connectivity index (χ3v) is 7.60. The van der Waals surface area contributed by atoms with Crippen molar-refractivity contribution in [2.75, 3.05) is 88.6 Å². The lowest BCUT2D eigenvalue weighted by molar-refractivity contribution is -0.149. The van der Waals surface area contributed by atoms with Gasteiger partial charge in [0.1, 0.15) is 11.5 Å². The van der Waals surface area contributed by atoms with Crippen molar-refractivity contribution in [3.63, 3.8) is 0 Å². The number of carbonyl (C=O) groups excluding carboxylic acids is 4. The zero-order valence-electron chi connectivity index (χ0n) is 32.2. The quantitative estimate of drug-likeness (QED) is 0.0526. The Balaban J connectivity index is 1.26. The molecule has 55 heavy (non-hydrogen) atoms. The van der Waals surface area contributed by atoms with E-state index in [1.807, 2.05) is 32.7 Å². The van der Waals surface area contributed by atoms with Gasteiger partial charge in [-0.2, -0.15) is 9.97 Å². The zero-order valence-corrected chi connectivity index (χ0v) is 32.2. The maximum absolute atomic E-state index is 13.0. The molecule has 3 rings (SSSR count). The van der Waals surface area contributed by atoms with Crippen molar-refractivity contribution in [3.05, 3.63) is 36.2 Å². The zero-order chi connectivity index (χ0) is 40.2. The highest BCUT2D eigenvalue weighted by Gasteiger charge is 2.28. The van der Waals surface area contributed by atoms with Crippen molar-refractivity contribution in [2.24, 2.45) is 5.92 Å². The molecule has 2 heterocycles. The van der Waals surface area contributed by atoms with E-state index in [0.29, 0.717) is 94.7 Å². The van der Waals surface area contributed by atoms with E-state index in [2.05, 4.69) is 35.9 Å². The lowest BCUT2D eigenvalue weighted by atomic mass is 10.0. The van der Waals surface area contributed by atoms with Crippen LogP contribution in [0.3, 0.4) is 0 Å². The third kappa shape index (κ3) is 16.7. The Morgan fingerprint density at radius 2 is 1.47 bits per heavy atom. The van der Waals surface area contributed by atoms with Gasteiger partial charge >= 0.3 is 12.1 Å². The van der Waals surface area contributed by atoms with Gasteiger partial charge < -0.3 is 56.0 Å². The number of rotatable bonds is 23. The van der Waals surface area contributed by atoms with E-state index in [-0.39, 0.29) is 30.5 Å². The Bertz CT molecular complexity index is 1690. The molecule has 2 aromatic heterocycles. The standard InChI is InChI=1S/C36H54N10O9/c1-36(2,3)55-35(50)40-15-7-17-53-19-21-54-20-18-52-16-6-14-39-28(47)13-12-27(33(49)51-5)32(48)43-24-8-10-26(11-9-24)46(4)23-25-22-41-31-29(42-25)30(37)44-34(38)45-31/h8-11,22,27H,6-7,12-21,23H2,1-5H3,(H,39,47)(H,40,50)(H,43,48)(H4,37,38,41,44,45). The highest BCUT2D eigenvalue weighted by molar-refractivity contribution is 6.05. The number of amides is 3. The van der Waals surface area contributed by atoms with Gasteiger partial charge in [0.05, 0.1) is 52.0 Å². The molecular weight excluding hydrogens is 716 g/mol. The minimum Gasteiger partial charge on any atom is -0.468 e. The van der Waals surface area contributed by atoms with Gasteiger partial charge in [0.15, 0.2) is 17.0 Å². The molecule has 3 aromatic rings. The van der Waals surface area contributed by atoms with Crippen molar-refractivity contribution in [3.8, 4) is 0 Å². The van der Waals surface area contributed by atoms with E-state index in [1.54, 1.807) is 30.5 Å². The van der Waals surface area contributed by atoms with Crippen LogP contribution in [0.15, 0.2) is 30.5 Å². The van der Waals surface area contributed by atoms with Gasteiger partial charge in [-0.1, -0.05) is 0 Å². The van der Waals surface area contributed by atoms with E-state index in [1.165, 1.54) is 7.11 Å². The molecule has 19 heteroatoms. The second kappa shape index (κ2) is 22.7. The van der Waals surface area contributed by atoms with Crippen LogP contribution in [-0.4, -0.2) is 116 Å². The number of nitrogens with two attached hydrogens (primary N) is 2. The van der Waals surface area contributed by atoms with Crippen LogP contribution in [0.1, 0.15) is 52.1 Å². The average Bonchev–Trinajstić information content (AvgIpc) is 3.12. The normalized spacial score (nSPS) is 11.8. The summed E-state index contributed by atoms with van der Waals surface area (Å²) in [5, 5.41) is 8.18. The second-order valence-corrected chi connectivity index (χ2v) is 13.3. The number of nitrogens with one attached hydrogen (secondary N) is 3. The molecule has 3 amide bonds. The predicted octanol–water partition coefficient (Wildman–Crippen LogP) is 2.20. The first-order chi connectivity index (χ1) is 26.3. The molecule has 0 aliphatic heterocycles. The number of hydrogen-bond donors (Lipinski definition) is 5. The summed E-state index contributed by atoms with van der Waals surface area (Å²) in [7, 11) is 3.06. The van der Waals surface area contributed by atoms with E-state index in [4.69, 9.17) is 35.2 Å². The molecule has 0 aliphatic rings. The van der Waals surface area contributed by atoms with Crippen LogP contribution in [0.4, 0.5) is 27.9 Å². The molecule has 302 valence electrons. The maximum atomic E-state index is 13.0. The van der Waals surface area contributed by atoms with Crippen LogP contribution in [-0.2, 0) is 44.6 Å². The van der Waals surface area contributed by atoms with E-state index in [9.17, 15) is 19.2 Å². The van der Waals surface area contributed by atoms with Crippen molar-refractivity contribution in [1.82, 2.24) is 30.6 Å². The van der Waals surface area contributed by atoms with Gasteiger partial charge in [0.25, 0.3) is 0 Å². The number of fused-ring (bicyclic) bond motifs is 1. The van der Waals surface area contributed by atoms with Crippen LogP contribution >= 0.6 is 0 Å². The number of nitrogens with zero attached hydrogens (tertiary/aromatic N) is 5. The summed E-state index contributed by atoms with van der Waals surface area (Å²) >= 11 is 0. The summed E-state index contributed by atoms with van der Waals surface area (Å²) in [5.41, 5.74) is 13.6. The number of alkyl carbamates (subject to hydrolysis) is 1. The lowest BCUT2D eigenvalue weighted by Crippen LogP contribution is -2.33. The number of methoxy groups -OCH3 is 1. The minimum absolute atomic E-state index is 0.0212. The first-order valence-corrected chi connectivity index (χ1v) is 18.0. The van der Waals surface area contributed by atoms with Gasteiger partial charge in [-0.25, -0.2) is 14.8 Å². The van der Waals surface area contributed by atoms with Crippen molar-refractivity contribution in [1.29, 1.82) is 0 Å². The lowest BCUT2D eigenvalue weighted by Gasteiger charge is -2.20. The molecule has 1 aromatic carbocycles. The SMILES string of the molecule is COC(=O)C(CCC(=O)NCCCOCCOCCOCCCNC(=O)OC(C)(C)C)C(=O)Nc1ccc(N(C)Cc2cnc3nc(N)nc(N)c3n2)cc1. The van der Waals surface area contributed by atoms with E-state index in [0.717, 1.165) is 5.69 Å². The van der Waals surface area contributed by atoms with Crippen LogP contribution in [0.5, 0.6) is 0 Å². The fourth-order valence-corrected chi connectivity index (χ4v) is 4.91. The summed E-state index contributed by atoms with van der Waals surface area (Å²) in [6.45, 7) is 9.21. The van der Waals surface area contributed by atoms with Crippen molar-refractivity contribution in [2.45, 2.75) is 58.6 Å². The smallest absolute Gasteiger partial charge is 0.407 e. The summed E-state index contributed by atoms with van der Waals surface area (Å²) < 4.78 is 26.5. The topological polar surface area (TPSA) is 257 Å². The fourth-order valence-electron chi connectivity index (χ4n) is 4.91. The molecule has 1 unspecified atom stereocenters. The molecule has 0 aliphatic carbocycles. The number of esters is 1. The largest absolute Gasteiger partial charge is 0.468 e. The van der Waals surface area contributed by atoms with Crippen LogP contribution in [0.2, 0.25) is 0 Å². The highest BCUT2D eigenvalue weighted by Crippen LogP contribution is 2.21. The molecule has 0 fully saturated rings. The Labute approximate surface area is 320 Å². The average molecular weight is 771 g/mol. The molecule has 1 atom stereocenters. The summed E-state index contributed by atoms with van der Waals surface area (Å²) in [6, 6.07) is 7.00. The number of anilines is 4. The Hall–Kier alpha value is -5.40. The van der Waals surface area contributed by atoms with Gasteiger partial charge in [0.2, 0.25) is 17.8 Å². The number of hydrogen-bond acceptors (Lipinski definition) is 16. The monoisotopic (exact) mass is 770 g/mol. The van der Waals surface area contributed by atoms with Gasteiger partial charge in [-0.3, -0.25) is 14.4 Å². The van der Waals surface area contributed by atoms with Crippen LogP contribution < -0.4 is 32.3 Å². The van der Waals surface area contributed by atoms with E-state index >= 15 is 0 Å². The molecule has 0 bridgehead atoms. The van der Waals surface area contributed by atoms with Crippen molar-refractivity contribution < 1.29 is 42.9 Å². The Morgan fingerprint density at radius 1 is 0.855 bits per heavy atom. The van der Waals surface area contributed by atoms with Gasteiger partial charge in [-0.05, 0) is 64.3 Å². The Kier molecular flexibility index (Phi) is 18.2. The summed E-state index contributed by atoms with van der Waals surface area (Å²) in [6.07, 6.45) is 2.30. The van der Waals surface area contributed by atoms with Gasteiger partial charge in [-0.15, -0.1) is 0 Å². The molecule has 0 saturated carbocycles. The molecule has 0 radical (unpaired) electrons. The number of carbonyl (C=O) groups is 4. The molecular formula is C36H54N10O9. The van der Waals surface area contributed by atoms with Gasteiger partial charge in [0, 0.05) is 51.1 Å². The molecule has 0 saturated heterocycles. The summed E-state index contributed by atoms with van der Waals surface area (Å²) in [4.78, 5) is 68.2. The maximum Gasteiger partial charge on any atom is 0.407 e. The highest BCUT2D eigenvalue weighted by atomic mass is 16.6. The summed E-state index contributed by atoms with van der Waals surface area (Å²) in [5.74, 6) is -2.62. The van der Waals surface area contributed by atoms with E-state index < -0.39 is 29.5 Å². The predicted molar refractivity (Wildman–Crippen MR) is 205 cm³/mol. The number of ether oxygens (including phenoxy) is 5. The minimum atomic E-state index is -1.17. The third-order valence-electron chi connectivity index (χ3n) is 7.60. The number of benzene rings is 1. The van der Waals surface area contributed by atoms with Crippen molar-refractivity contribution >= 4 is 58.2 Å².